The molecule has 1 aliphatic rings. The molecule has 0 radical (unpaired) electrons. The van der Waals surface area contributed by atoms with Gasteiger partial charge < -0.3 is 15.4 Å². The van der Waals surface area contributed by atoms with Crippen molar-refractivity contribution in [1.82, 2.24) is 5.32 Å². The molecule has 1 atom stereocenters. The van der Waals surface area contributed by atoms with Crippen LogP contribution in [0.15, 0.2) is 36.4 Å². The number of carbonyl (C=O) groups excluding carboxylic acids is 3. The highest BCUT2D eigenvalue weighted by atomic mass is 16.5. The van der Waals surface area contributed by atoms with Crippen molar-refractivity contribution < 1.29 is 19.1 Å². The fourth-order valence-corrected chi connectivity index (χ4v) is 2.65. The lowest BCUT2D eigenvalue weighted by Gasteiger charge is -2.14. The molecule has 2 amide bonds. The molecule has 0 aliphatic carbocycles. The number of nitrogens with one attached hydrogen (secondary N) is 2. The van der Waals surface area contributed by atoms with Crippen LogP contribution in [0.1, 0.15) is 23.2 Å². The van der Waals surface area contributed by atoms with E-state index in [1.54, 1.807) is 12.1 Å². The first-order chi connectivity index (χ1) is 11.1. The molecule has 23 heavy (non-hydrogen) atoms. The highest BCUT2D eigenvalue weighted by molar-refractivity contribution is 6.07. The summed E-state index contributed by atoms with van der Waals surface area (Å²) in [5, 5.41) is 7.10. The maximum absolute atomic E-state index is 12.3. The monoisotopic (exact) mass is 312 g/mol. The van der Waals surface area contributed by atoms with E-state index >= 15 is 0 Å². The summed E-state index contributed by atoms with van der Waals surface area (Å²) in [4.78, 5) is 35.5. The molecule has 0 unspecified atom stereocenters. The molecule has 2 aromatic carbocycles. The van der Waals surface area contributed by atoms with Crippen molar-refractivity contribution >= 4 is 34.2 Å². The standard InChI is InChI=1S/C17H16N2O4/c1-23-17(22)12-8-10-4-2-3-5-11(10)9-14(12)19-16(21)13-6-7-15(20)18-13/h2-5,8-9,13H,6-7H2,1H3,(H,18,20)(H,19,21)/t13-/m1/s1. The van der Waals surface area contributed by atoms with E-state index in [1.807, 2.05) is 24.3 Å². The van der Waals surface area contributed by atoms with Crippen LogP contribution in [0.4, 0.5) is 5.69 Å². The molecule has 1 saturated heterocycles. The Morgan fingerprint density at radius 1 is 1.22 bits per heavy atom. The van der Waals surface area contributed by atoms with Crippen LogP contribution in [0, 0.1) is 0 Å². The van der Waals surface area contributed by atoms with Crippen LogP contribution in [0.25, 0.3) is 10.8 Å². The molecule has 1 heterocycles. The summed E-state index contributed by atoms with van der Waals surface area (Å²) in [6.45, 7) is 0. The molecule has 0 aromatic heterocycles. The van der Waals surface area contributed by atoms with Crippen molar-refractivity contribution in [2.45, 2.75) is 18.9 Å². The molecular weight excluding hydrogens is 296 g/mol. The van der Waals surface area contributed by atoms with Gasteiger partial charge >= 0.3 is 5.97 Å². The van der Waals surface area contributed by atoms with Gasteiger partial charge in [-0.05, 0) is 29.3 Å². The Hall–Kier alpha value is -2.89. The Bertz CT molecular complexity index is 800. The molecule has 2 aromatic rings. The minimum Gasteiger partial charge on any atom is -0.465 e. The first-order valence-corrected chi connectivity index (χ1v) is 7.30. The number of rotatable bonds is 3. The number of methoxy groups -OCH3 is 1. The van der Waals surface area contributed by atoms with Crippen LogP contribution in [-0.2, 0) is 14.3 Å². The number of fused-ring (bicyclic) bond motifs is 1. The highest BCUT2D eigenvalue weighted by Crippen LogP contribution is 2.25. The summed E-state index contributed by atoms with van der Waals surface area (Å²) in [5.41, 5.74) is 0.658. The molecule has 2 N–H and O–H groups in total. The van der Waals surface area contributed by atoms with Crippen molar-refractivity contribution in [3.05, 3.63) is 42.0 Å². The molecule has 0 bridgehead atoms. The summed E-state index contributed by atoms with van der Waals surface area (Å²) in [6, 6.07) is 10.4. The lowest BCUT2D eigenvalue weighted by atomic mass is 10.0. The van der Waals surface area contributed by atoms with Gasteiger partial charge in [0.25, 0.3) is 0 Å². The quantitative estimate of drug-likeness (QED) is 0.847. The second-order valence-corrected chi connectivity index (χ2v) is 5.38. The Balaban J connectivity index is 1.95. The van der Waals surface area contributed by atoms with Gasteiger partial charge in [0, 0.05) is 6.42 Å². The SMILES string of the molecule is COC(=O)c1cc2ccccc2cc1NC(=O)[C@H]1CCC(=O)N1. The molecule has 118 valence electrons. The van der Waals surface area contributed by atoms with E-state index in [9.17, 15) is 14.4 Å². The van der Waals surface area contributed by atoms with E-state index in [2.05, 4.69) is 10.6 Å². The average molecular weight is 312 g/mol. The van der Waals surface area contributed by atoms with Gasteiger partial charge in [-0.3, -0.25) is 9.59 Å². The molecular formula is C17H16N2O4. The molecule has 1 aliphatic heterocycles. The summed E-state index contributed by atoms with van der Waals surface area (Å²) in [5.74, 6) is -1.00. The lowest BCUT2D eigenvalue weighted by molar-refractivity contribution is -0.122. The van der Waals surface area contributed by atoms with Crippen molar-refractivity contribution in [1.29, 1.82) is 0 Å². The number of amides is 2. The molecule has 1 fully saturated rings. The molecule has 0 saturated carbocycles. The largest absolute Gasteiger partial charge is 0.465 e. The van der Waals surface area contributed by atoms with Gasteiger partial charge in [-0.2, -0.15) is 0 Å². The number of esters is 1. The van der Waals surface area contributed by atoms with Crippen molar-refractivity contribution in [2.24, 2.45) is 0 Å². The van der Waals surface area contributed by atoms with Crippen LogP contribution in [0.2, 0.25) is 0 Å². The van der Waals surface area contributed by atoms with E-state index in [1.165, 1.54) is 7.11 Å². The summed E-state index contributed by atoms with van der Waals surface area (Å²) in [7, 11) is 1.29. The highest BCUT2D eigenvalue weighted by Gasteiger charge is 2.28. The Kier molecular flexibility index (Phi) is 3.97. The van der Waals surface area contributed by atoms with Crippen LogP contribution in [-0.4, -0.2) is 30.9 Å². The van der Waals surface area contributed by atoms with Gasteiger partial charge in [-0.1, -0.05) is 24.3 Å². The van der Waals surface area contributed by atoms with E-state index in [4.69, 9.17) is 4.74 Å². The summed E-state index contributed by atoms with van der Waals surface area (Å²) in [6.07, 6.45) is 0.783. The van der Waals surface area contributed by atoms with Gasteiger partial charge in [0.1, 0.15) is 6.04 Å². The van der Waals surface area contributed by atoms with Gasteiger partial charge in [0.05, 0.1) is 18.4 Å². The second kappa shape index (κ2) is 6.08. The fraction of sp³-hybridized carbons (Fsp3) is 0.235. The van der Waals surface area contributed by atoms with E-state index in [0.717, 1.165) is 10.8 Å². The molecule has 0 spiro atoms. The zero-order valence-corrected chi connectivity index (χ0v) is 12.6. The van der Waals surface area contributed by atoms with Crippen LogP contribution in [0.3, 0.4) is 0 Å². The van der Waals surface area contributed by atoms with Crippen molar-refractivity contribution in [2.75, 3.05) is 12.4 Å². The Morgan fingerprint density at radius 2 is 1.91 bits per heavy atom. The zero-order chi connectivity index (χ0) is 16.4. The Morgan fingerprint density at radius 3 is 2.52 bits per heavy atom. The number of carbonyl (C=O) groups is 3. The van der Waals surface area contributed by atoms with Gasteiger partial charge in [-0.15, -0.1) is 0 Å². The van der Waals surface area contributed by atoms with Crippen molar-refractivity contribution in [3.8, 4) is 0 Å². The van der Waals surface area contributed by atoms with E-state index < -0.39 is 12.0 Å². The topological polar surface area (TPSA) is 84.5 Å². The van der Waals surface area contributed by atoms with Crippen LogP contribution >= 0.6 is 0 Å². The third-order valence-corrected chi connectivity index (χ3v) is 3.86. The maximum atomic E-state index is 12.3. The summed E-state index contributed by atoms with van der Waals surface area (Å²) >= 11 is 0. The number of benzene rings is 2. The zero-order valence-electron chi connectivity index (χ0n) is 12.6. The fourth-order valence-electron chi connectivity index (χ4n) is 2.65. The number of anilines is 1. The first-order valence-electron chi connectivity index (χ1n) is 7.30. The lowest BCUT2D eigenvalue weighted by Crippen LogP contribution is -2.37. The summed E-state index contributed by atoms with van der Waals surface area (Å²) < 4.78 is 4.79. The predicted molar refractivity (Wildman–Crippen MR) is 85.1 cm³/mol. The molecule has 3 rings (SSSR count). The molecule has 6 heteroatoms. The first kappa shape index (κ1) is 15.0. The normalized spacial score (nSPS) is 16.9. The van der Waals surface area contributed by atoms with Crippen LogP contribution < -0.4 is 10.6 Å². The van der Waals surface area contributed by atoms with Crippen LogP contribution in [0.5, 0.6) is 0 Å². The third-order valence-electron chi connectivity index (χ3n) is 3.86. The minimum atomic E-state index is -0.570. The van der Waals surface area contributed by atoms with Crippen molar-refractivity contribution in [3.63, 3.8) is 0 Å². The smallest absolute Gasteiger partial charge is 0.339 e. The Labute approximate surface area is 132 Å². The van der Waals surface area contributed by atoms with Gasteiger partial charge in [-0.25, -0.2) is 4.79 Å². The second-order valence-electron chi connectivity index (χ2n) is 5.38. The minimum absolute atomic E-state index is 0.142. The van der Waals surface area contributed by atoms with E-state index in [0.29, 0.717) is 18.5 Å². The predicted octanol–water partition coefficient (Wildman–Crippen LogP) is 1.84. The van der Waals surface area contributed by atoms with Gasteiger partial charge in [0.15, 0.2) is 0 Å². The number of ether oxygens (including phenoxy) is 1. The average Bonchev–Trinajstić information content (AvgIpc) is 3.00. The number of hydrogen-bond donors (Lipinski definition) is 2. The van der Waals surface area contributed by atoms with E-state index in [-0.39, 0.29) is 17.4 Å². The molecule has 6 nitrogen and oxygen atoms in total. The number of hydrogen-bond acceptors (Lipinski definition) is 4. The third kappa shape index (κ3) is 3.01. The maximum Gasteiger partial charge on any atom is 0.339 e. The van der Waals surface area contributed by atoms with Gasteiger partial charge in [0.2, 0.25) is 11.8 Å².